The minimum Gasteiger partial charge on any atom is -0.319 e. The van der Waals surface area contributed by atoms with E-state index in [1.165, 1.54) is 24.8 Å². The smallest absolute Gasteiger partial charge is 0.255 e. The van der Waals surface area contributed by atoms with Crippen LogP contribution in [0.5, 0.6) is 0 Å². The monoisotopic (exact) mass is 371 g/mol. The van der Waals surface area contributed by atoms with Gasteiger partial charge in [0.2, 0.25) is 0 Å². The first-order valence-electron chi connectivity index (χ1n) is 8.45. The fraction of sp³-hybridized carbons (Fsp3) is 0. The summed E-state index contributed by atoms with van der Waals surface area (Å²) in [5, 5.41) is 2.59. The third-order valence-corrected chi connectivity index (χ3v) is 4.12. The van der Waals surface area contributed by atoms with Crippen molar-refractivity contribution in [2.75, 3.05) is 5.32 Å². The maximum atomic E-state index is 13.8. The molecular weight excluding hydrogens is 357 g/mol. The van der Waals surface area contributed by atoms with Crippen LogP contribution in [0.4, 0.5) is 10.1 Å². The summed E-state index contributed by atoms with van der Waals surface area (Å²) in [6, 6.07) is 14.7. The predicted molar refractivity (Wildman–Crippen MR) is 103 cm³/mol. The normalized spacial score (nSPS) is 10.5. The van der Waals surface area contributed by atoms with Gasteiger partial charge in [0.05, 0.1) is 17.1 Å². The lowest BCUT2D eigenvalue weighted by Crippen LogP contribution is -2.13. The maximum absolute atomic E-state index is 13.8. The molecule has 0 unspecified atom stereocenters. The van der Waals surface area contributed by atoms with Crippen LogP contribution in [-0.2, 0) is 0 Å². The van der Waals surface area contributed by atoms with E-state index in [9.17, 15) is 9.18 Å². The highest BCUT2D eigenvalue weighted by Crippen LogP contribution is 2.30. The number of benzene rings is 2. The quantitative estimate of drug-likeness (QED) is 0.587. The first-order valence-corrected chi connectivity index (χ1v) is 8.45. The number of halogens is 1. The van der Waals surface area contributed by atoms with E-state index in [4.69, 9.17) is 0 Å². The van der Waals surface area contributed by atoms with E-state index >= 15 is 0 Å². The fourth-order valence-electron chi connectivity index (χ4n) is 2.78. The molecule has 0 aliphatic heterocycles. The molecule has 0 bridgehead atoms. The number of amides is 1. The largest absolute Gasteiger partial charge is 0.319 e. The van der Waals surface area contributed by atoms with Gasteiger partial charge in [0, 0.05) is 29.1 Å². The van der Waals surface area contributed by atoms with Gasteiger partial charge in [-0.2, -0.15) is 0 Å². The molecule has 4 aromatic rings. The van der Waals surface area contributed by atoms with Gasteiger partial charge in [-0.15, -0.1) is 0 Å². The summed E-state index contributed by atoms with van der Waals surface area (Å²) in [5.41, 5.74) is 3.34. The van der Waals surface area contributed by atoms with Gasteiger partial charge in [-0.25, -0.2) is 24.3 Å². The molecule has 0 saturated heterocycles. The highest BCUT2D eigenvalue weighted by Gasteiger charge is 2.15. The molecule has 0 radical (unpaired) electrons. The summed E-state index contributed by atoms with van der Waals surface area (Å²) in [6.45, 7) is 0. The van der Waals surface area contributed by atoms with Crippen LogP contribution in [0.3, 0.4) is 0 Å². The molecule has 2 aromatic heterocycles. The van der Waals surface area contributed by atoms with Crippen molar-refractivity contribution < 1.29 is 9.18 Å². The van der Waals surface area contributed by atoms with Gasteiger partial charge in [-0.05, 0) is 36.4 Å². The van der Waals surface area contributed by atoms with Crippen LogP contribution in [0.2, 0.25) is 0 Å². The second kappa shape index (κ2) is 7.71. The minimum atomic E-state index is -0.496. The van der Waals surface area contributed by atoms with Crippen LogP contribution in [0.1, 0.15) is 10.4 Å². The first kappa shape index (κ1) is 17.4. The Labute approximate surface area is 160 Å². The summed E-state index contributed by atoms with van der Waals surface area (Å²) in [6.07, 6.45) is 6.16. The topological polar surface area (TPSA) is 80.7 Å². The van der Waals surface area contributed by atoms with E-state index in [-0.39, 0.29) is 5.69 Å². The summed E-state index contributed by atoms with van der Waals surface area (Å²) in [4.78, 5) is 29.1. The number of aromatic nitrogens is 4. The van der Waals surface area contributed by atoms with Crippen LogP contribution >= 0.6 is 0 Å². The minimum absolute atomic E-state index is 0.121. The number of carbonyl (C=O) groups excluding carboxylic acids is 1. The molecule has 136 valence electrons. The molecule has 6 nitrogen and oxygen atoms in total. The third-order valence-electron chi connectivity index (χ3n) is 4.12. The second-order valence-corrected chi connectivity index (χ2v) is 5.88. The number of hydrogen-bond donors (Lipinski definition) is 1. The average Bonchev–Trinajstić information content (AvgIpc) is 2.76. The van der Waals surface area contributed by atoms with Gasteiger partial charge < -0.3 is 5.32 Å². The van der Waals surface area contributed by atoms with Crippen molar-refractivity contribution in [1.29, 1.82) is 0 Å². The summed E-state index contributed by atoms with van der Waals surface area (Å²) < 4.78 is 13.8. The van der Waals surface area contributed by atoms with E-state index in [1.807, 2.05) is 0 Å². The van der Waals surface area contributed by atoms with Crippen molar-refractivity contribution in [1.82, 2.24) is 19.9 Å². The molecule has 2 heterocycles. The highest BCUT2D eigenvalue weighted by molar-refractivity contribution is 6.05. The van der Waals surface area contributed by atoms with E-state index in [0.717, 1.165) is 5.56 Å². The standard InChI is InChI=1S/C21H14FN5O/c22-17-3-1-2-4-20(17)27-21(28)14-5-6-15(18-7-9-23-12-25-18)16(11-14)19-8-10-24-13-26-19/h1-13H,(H,27,28). The molecule has 0 saturated carbocycles. The number of rotatable bonds is 4. The van der Waals surface area contributed by atoms with Gasteiger partial charge >= 0.3 is 0 Å². The highest BCUT2D eigenvalue weighted by atomic mass is 19.1. The Bertz CT molecular complexity index is 1120. The molecule has 2 aromatic carbocycles. The van der Waals surface area contributed by atoms with E-state index < -0.39 is 11.7 Å². The van der Waals surface area contributed by atoms with Crippen LogP contribution < -0.4 is 5.32 Å². The maximum Gasteiger partial charge on any atom is 0.255 e. The van der Waals surface area contributed by atoms with Crippen LogP contribution in [0.25, 0.3) is 22.5 Å². The van der Waals surface area contributed by atoms with Crippen molar-refractivity contribution in [3.05, 3.63) is 91.0 Å². The Morgan fingerprint density at radius 3 is 2.14 bits per heavy atom. The Kier molecular flexibility index (Phi) is 4.79. The van der Waals surface area contributed by atoms with Crippen molar-refractivity contribution in [2.45, 2.75) is 0 Å². The second-order valence-electron chi connectivity index (χ2n) is 5.88. The van der Waals surface area contributed by atoms with Gasteiger partial charge in [0.25, 0.3) is 5.91 Å². The van der Waals surface area contributed by atoms with E-state index in [2.05, 4.69) is 25.3 Å². The molecule has 0 aliphatic rings. The summed E-state index contributed by atoms with van der Waals surface area (Å²) in [7, 11) is 0. The van der Waals surface area contributed by atoms with Gasteiger partial charge in [0.15, 0.2) is 0 Å². The van der Waals surface area contributed by atoms with Crippen molar-refractivity contribution in [3.8, 4) is 22.5 Å². The number of nitrogens with zero attached hydrogens (tertiary/aromatic N) is 4. The zero-order valence-electron chi connectivity index (χ0n) is 14.6. The van der Waals surface area contributed by atoms with Crippen LogP contribution in [0.15, 0.2) is 79.6 Å². The SMILES string of the molecule is O=C(Nc1ccccc1F)c1ccc(-c2ccncn2)c(-c2ccncn2)c1. The molecule has 0 spiro atoms. The molecule has 1 amide bonds. The third kappa shape index (κ3) is 3.59. The fourth-order valence-corrected chi connectivity index (χ4v) is 2.78. The van der Waals surface area contributed by atoms with E-state index in [1.54, 1.807) is 54.9 Å². The molecule has 28 heavy (non-hydrogen) atoms. The zero-order chi connectivity index (χ0) is 19.3. The number of carbonyl (C=O) groups is 1. The Morgan fingerprint density at radius 2 is 1.50 bits per heavy atom. The number of anilines is 1. The van der Waals surface area contributed by atoms with E-state index in [0.29, 0.717) is 22.5 Å². The van der Waals surface area contributed by atoms with Gasteiger partial charge in [-0.3, -0.25) is 4.79 Å². The van der Waals surface area contributed by atoms with Gasteiger partial charge in [-0.1, -0.05) is 18.2 Å². The Hall–Kier alpha value is -4.00. The number of para-hydroxylation sites is 1. The van der Waals surface area contributed by atoms with Crippen molar-refractivity contribution in [2.24, 2.45) is 0 Å². The molecule has 0 atom stereocenters. The molecule has 0 fully saturated rings. The first-order chi connectivity index (χ1) is 13.7. The Balaban J connectivity index is 1.76. The van der Waals surface area contributed by atoms with Gasteiger partial charge in [0.1, 0.15) is 18.5 Å². The molecule has 4 rings (SSSR count). The van der Waals surface area contributed by atoms with Crippen molar-refractivity contribution >= 4 is 11.6 Å². The lowest BCUT2D eigenvalue weighted by molar-refractivity contribution is 0.102. The lowest BCUT2D eigenvalue weighted by atomic mass is 9.98. The molecular formula is C21H14FN5O. The van der Waals surface area contributed by atoms with Crippen molar-refractivity contribution in [3.63, 3.8) is 0 Å². The summed E-state index contributed by atoms with van der Waals surface area (Å²) in [5.74, 6) is -0.917. The molecule has 7 heteroatoms. The zero-order valence-corrected chi connectivity index (χ0v) is 14.6. The number of hydrogen-bond acceptors (Lipinski definition) is 5. The Morgan fingerprint density at radius 1 is 0.821 bits per heavy atom. The molecule has 1 N–H and O–H groups in total. The van der Waals surface area contributed by atoms with Crippen LogP contribution in [-0.4, -0.2) is 25.8 Å². The lowest BCUT2D eigenvalue weighted by Gasteiger charge is -2.12. The number of nitrogens with one attached hydrogen (secondary N) is 1. The van der Waals surface area contributed by atoms with Crippen LogP contribution in [0, 0.1) is 5.82 Å². The predicted octanol–water partition coefficient (Wildman–Crippen LogP) is 3.99. The summed E-state index contributed by atoms with van der Waals surface area (Å²) >= 11 is 0. The molecule has 0 aliphatic carbocycles. The average molecular weight is 371 g/mol.